The van der Waals surface area contributed by atoms with Crippen LogP contribution in [0.3, 0.4) is 0 Å². The lowest BCUT2D eigenvalue weighted by Crippen LogP contribution is -1.98. The number of ether oxygens (including phenoxy) is 2. The molecule has 29 heavy (non-hydrogen) atoms. The lowest BCUT2D eigenvalue weighted by Gasteiger charge is -2.12. The summed E-state index contributed by atoms with van der Waals surface area (Å²) in [5.74, 6) is 2.23. The van der Waals surface area contributed by atoms with Gasteiger partial charge in [0.25, 0.3) is 5.89 Å². The van der Waals surface area contributed by atoms with Crippen molar-refractivity contribution in [1.29, 1.82) is 0 Å². The van der Waals surface area contributed by atoms with Crippen molar-refractivity contribution in [2.75, 3.05) is 12.8 Å². The summed E-state index contributed by atoms with van der Waals surface area (Å²) < 4.78 is 16.6. The molecule has 0 amide bonds. The Balaban J connectivity index is 1.56. The minimum atomic E-state index is 0.241. The number of nitrogen functional groups attached to an aromatic ring is 1. The van der Waals surface area contributed by atoms with Crippen molar-refractivity contribution in [3.05, 3.63) is 65.3 Å². The molecule has 0 fully saturated rings. The number of anilines is 1. The summed E-state index contributed by atoms with van der Waals surface area (Å²) in [7, 11) is 1.56. The summed E-state index contributed by atoms with van der Waals surface area (Å²) in [6.07, 6.45) is 1.53. The van der Waals surface area contributed by atoms with Gasteiger partial charge in [-0.15, -0.1) is 0 Å². The van der Waals surface area contributed by atoms with Crippen molar-refractivity contribution in [2.45, 2.75) is 6.61 Å². The van der Waals surface area contributed by atoms with E-state index in [-0.39, 0.29) is 11.6 Å². The van der Waals surface area contributed by atoms with Crippen LogP contribution in [0.5, 0.6) is 11.5 Å². The summed E-state index contributed by atoms with van der Waals surface area (Å²) in [4.78, 5) is 12.5. The third-order valence-electron chi connectivity index (χ3n) is 4.05. The molecule has 0 saturated carbocycles. The fourth-order valence-corrected chi connectivity index (χ4v) is 2.79. The highest BCUT2D eigenvalue weighted by molar-refractivity contribution is 6.31. The van der Waals surface area contributed by atoms with Crippen LogP contribution in [-0.2, 0) is 6.61 Å². The Morgan fingerprint density at radius 3 is 2.69 bits per heavy atom. The molecule has 4 rings (SSSR count). The molecular weight excluding hydrogens is 394 g/mol. The fourth-order valence-electron chi connectivity index (χ4n) is 2.60. The van der Waals surface area contributed by atoms with Gasteiger partial charge in [-0.1, -0.05) is 35.0 Å². The van der Waals surface area contributed by atoms with Crippen molar-refractivity contribution in [3.8, 4) is 34.6 Å². The molecule has 0 aliphatic carbocycles. The largest absolute Gasteiger partial charge is 0.493 e. The number of nitrogens with two attached hydrogens (primary N) is 1. The number of nitrogens with zero attached hydrogens (tertiary/aromatic N) is 4. The number of halogens is 1. The molecule has 2 N–H and O–H groups in total. The maximum atomic E-state index is 6.18. The lowest BCUT2D eigenvalue weighted by molar-refractivity contribution is 0.284. The van der Waals surface area contributed by atoms with Crippen molar-refractivity contribution >= 4 is 17.4 Å². The SMILES string of the molecule is COc1cc(-c2nc(-c3nccc(N)n3)no2)ccc1OCc1ccccc1Cl. The maximum Gasteiger partial charge on any atom is 0.258 e. The van der Waals surface area contributed by atoms with E-state index in [4.69, 9.17) is 31.3 Å². The Morgan fingerprint density at radius 1 is 1.03 bits per heavy atom. The van der Waals surface area contributed by atoms with E-state index >= 15 is 0 Å². The molecule has 2 aromatic carbocycles. The molecule has 0 atom stereocenters. The predicted octanol–water partition coefficient (Wildman–Crippen LogP) is 4.02. The highest BCUT2D eigenvalue weighted by Crippen LogP contribution is 2.33. The van der Waals surface area contributed by atoms with Gasteiger partial charge in [0.1, 0.15) is 12.4 Å². The normalized spacial score (nSPS) is 10.7. The molecule has 2 heterocycles. The van der Waals surface area contributed by atoms with E-state index in [0.717, 1.165) is 5.56 Å². The first-order chi connectivity index (χ1) is 14.1. The van der Waals surface area contributed by atoms with Crippen LogP contribution in [0.25, 0.3) is 23.1 Å². The molecule has 0 spiro atoms. The topological polar surface area (TPSA) is 109 Å². The summed E-state index contributed by atoms with van der Waals surface area (Å²) in [6, 6.07) is 14.4. The van der Waals surface area contributed by atoms with Gasteiger partial charge in [-0.2, -0.15) is 4.98 Å². The van der Waals surface area contributed by atoms with Gasteiger partial charge in [0.15, 0.2) is 11.5 Å². The first-order valence-electron chi connectivity index (χ1n) is 8.61. The minimum absolute atomic E-state index is 0.241. The number of benzene rings is 2. The second kappa shape index (κ2) is 8.15. The van der Waals surface area contributed by atoms with E-state index in [1.54, 1.807) is 31.4 Å². The van der Waals surface area contributed by atoms with Gasteiger partial charge in [-0.25, -0.2) is 9.97 Å². The molecule has 2 aromatic heterocycles. The van der Waals surface area contributed by atoms with Gasteiger partial charge in [-0.05, 0) is 30.3 Å². The zero-order chi connectivity index (χ0) is 20.2. The van der Waals surface area contributed by atoms with Crippen LogP contribution in [0.1, 0.15) is 5.56 Å². The molecular formula is C20H16ClN5O3. The first kappa shape index (κ1) is 18.7. The summed E-state index contributed by atoms with van der Waals surface area (Å²) in [6.45, 7) is 0.312. The molecule has 0 saturated heterocycles. The van der Waals surface area contributed by atoms with Crippen molar-refractivity contribution in [1.82, 2.24) is 20.1 Å². The average molecular weight is 410 g/mol. The predicted molar refractivity (Wildman–Crippen MR) is 108 cm³/mol. The van der Waals surface area contributed by atoms with E-state index < -0.39 is 0 Å². The van der Waals surface area contributed by atoms with Gasteiger partial charge in [0.05, 0.1) is 7.11 Å². The monoisotopic (exact) mass is 409 g/mol. The quantitative estimate of drug-likeness (QED) is 0.508. The van der Waals surface area contributed by atoms with Gasteiger partial charge in [0, 0.05) is 22.3 Å². The van der Waals surface area contributed by atoms with Crippen LogP contribution in [0.4, 0.5) is 5.82 Å². The van der Waals surface area contributed by atoms with Crippen LogP contribution in [-0.4, -0.2) is 27.2 Å². The zero-order valence-corrected chi connectivity index (χ0v) is 16.1. The smallest absolute Gasteiger partial charge is 0.258 e. The Kier molecular flexibility index (Phi) is 5.26. The Labute approximate surface area is 171 Å². The maximum absolute atomic E-state index is 6.18. The fraction of sp³-hybridized carbons (Fsp3) is 0.100. The van der Waals surface area contributed by atoms with E-state index in [9.17, 15) is 0 Å². The highest BCUT2D eigenvalue weighted by atomic mass is 35.5. The minimum Gasteiger partial charge on any atom is -0.493 e. The van der Waals surface area contributed by atoms with Crippen LogP contribution in [0.2, 0.25) is 5.02 Å². The third kappa shape index (κ3) is 4.12. The Hall–Kier alpha value is -3.65. The van der Waals surface area contributed by atoms with Crippen molar-refractivity contribution < 1.29 is 14.0 Å². The molecule has 9 heteroatoms. The number of methoxy groups -OCH3 is 1. The van der Waals surface area contributed by atoms with Crippen LogP contribution < -0.4 is 15.2 Å². The third-order valence-corrected chi connectivity index (χ3v) is 4.42. The lowest BCUT2D eigenvalue weighted by atomic mass is 10.2. The molecule has 4 aromatic rings. The van der Waals surface area contributed by atoms with E-state index in [0.29, 0.717) is 40.4 Å². The van der Waals surface area contributed by atoms with Gasteiger partial charge >= 0.3 is 0 Å². The molecule has 0 radical (unpaired) electrons. The van der Waals surface area contributed by atoms with Crippen LogP contribution in [0.15, 0.2) is 59.3 Å². The number of rotatable bonds is 6. The Bertz CT molecular complexity index is 1150. The van der Waals surface area contributed by atoms with Crippen LogP contribution in [0, 0.1) is 0 Å². The zero-order valence-electron chi connectivity index (χ0n) is 15.4. The van der Waals surface area contributed by atoms with Crippen molar-refractivity contribution in [3.63, 3.8) is 0 Å². The number of aromatic nitrogens is 4. The molecule has 0 aliphatic heterocycles. The summed E-state index contributed by atoms with van der Waals surface area (Å²) >= 11 is 6.18. The van der Waals surface area contributed by atoms with Gasteiger partial charge in [0.2, 0.25) is 11.6 Å². The van der Waals surface area contributed by atoms with E-state index in [1.165, 1.54) is 6.20 Å². The summed E-state index contributed by atoms with van der Waals surface area (Å²) in [5.41, 5.74) is 7.21. The van der Waals surface area contributed by atoms with Gasteiger partial charge < -0.3 is 19.7 Å². The van der Waals surface area contributed by atoms with Gasteiger partial charge in [-0.3, -0.25) is 0 Å². The first-order valence-corrected chi connectivity index (χ1v) is 8.99. The number of hydrogen-bond donors (Lipinski definition) is 1. The molecule has 0 unspecified atom stereocenters. The van der Waals surface area contributed by atoms with Crippen LogP contribution >= 0.6 is 11.6 Å². The second-order valence-corrected chi connectivity index (χ2v) is 6.38. The van der Waals surface area contributed by atoms with Crippen molar-refractivity contribution in [2.24, 2.45) is 0 Å². The summed E-state index contributed by atoms with van der Waals surface area (Å²) in [5, 5.41) is 4.56. The standard InChI is InChI=1S/C20H16ClN5O3/c1-27-16-10-12(6-7-15(16)28-11-13-4-2-3-5-14(13)21)20-25-19(26-29-20)18-23-9-8-17(22)24-18/h2-10H,11H2,1H3,(H2,22,23,24). The molecule has 146 valence electrons. The average Bonchev–Trinajstić information content (AvgIpc) is 3.23. The van der Waals surface area contributed by atoms with E-state index in [2.05, 4.69) is 20.1 Å². The van der Waals surface area contributed by atoms with E-state index in [1.807, 2.05) is 24.3 Å². The molecule has 0 aliphatic rings. The highest BCUT2D eigenvalue weighted by Gasteiger charge is 2.15. The molecule has 8 nitrogen and oxygen atoms in total. The second-order valence-electron chi connectivity index (χ2n) is 5.97. The Morgan fingerprint density at radius 2 is 1.90 bits per heavy atom. The molecule has 0 bridgehead atoms. The number of hydrogen-bond acceptors (Lipinski definition) is 8.